The van der Waals surface area contributed by atoms with Crippen molar-refractivity contribution in [1.29, 1.82) is 0 Å². The molecule has 0 unspecified atom stereocenters. The molecule has 3 saturated carbocycles. The van der Waals surface area contributed by atoms with Gasteiger partial charge in [-0.1, -0.05) is 11.6 Å². The maximum Gasteiger partial charge on any atom is 0.574 e. The Morgan fingerprint density at radius 3 is 2.39 bits per heavy atom. The number of rotatable bonds is 7. The van der Waals surface area contributed by atoms with Gasteiger partial charge in [0.15, 0.2) is 6.61 Å². The van der Waals surface area contributed by atoms with Gasteiger partial charge < -0.3 is 20.1 Å². The molecule has 33 heavy (non-hydrogen) atoms. The van der Waals surface area contributed by atoms with E-state index in [1.165, 1.54) is 18.2 Å². The zero-order valence-electron chi connectivity index (χ0n) is 17.0. The van der Waals surface area contributed by atoms with E-state index in [4.69, 9.17) is 16.3 Å². The van der Waals surface area contributed by atoms with E-state index in [1.54, 1.807) is 0 Å². The molecule has 1 aromatic carbocycles. The number of carbonyl (C=O) groups excluding carboxylic acids is 2. The first-order valence-corrected chi connectivity index (χ1v) is 10.3. The monoisotopic (exact) mass is 487 g/mol. The molecule has 7 nitrogen and oxygen atoms in total. The number of hydrogen-bond acceptors (Lipinski definition) is 5. The third-order valence-electron chi connectivity index (χ3n) is 5.70. The fourth-order valence-electron chi connectivity index (χ4n) is 4.43. The number of nitrogens with one attached hydrogen (secondary N) is 2. The normalized spacial score (nSPS) is 23.4. The predicted octanol–water partition coefficient (Wildman–Crippen LogP) is 3.76. The molecule has 0 radical (unpaired) electrons. The number of ether oxygens (including phenoxy) is 2. The third-order valence-corrected chi connectivity index (χ3v) is 6.01. The number of pyridine rings is 1. The summed E-state index contributed by atoms with van der Waals surface area (Å²) in [5.41, 5.74) is -0.885. The molecule has 3 fully saturated rings. The topological polar surface area (TPSA) is 89.6 Å². The Kier molecular flexibility index (Phi) is 5.85. The molecule has 0 saturated heterocycles. The van der Waals surface area contributed by atoms with Gasteiger partial charge >= 0.3 is 6.36 Å². The number of nitrogens with zero attached hydrogens (tertiary/aromatic N) is 1. The van der Waals surface area contributed by atoms with Gasteiger partial charge in [0, 0.05) is 29.4 Å². The number of hydrogen-bond donors (Lipinski definition) is 2. The molecule has 3 aliphatic rings. The molecule has 176 valence electrons. The Balaban J connectivity index is 1.27. The van der Waals surface area contributed by atoms with E-state index in [2.05, 4.69) is 20.4 Å². The minimum atomic E-state index is -4.87. The van der Waals surface area contributed by atoms with Crippen LogP contribution in [0.2, 0.25) is 5.02 Å². The fourth-order valence-corrected chi connectivity index (χ4v) is 4.55. The third kappa shape index (κ3) is 5.29. The van der Waals surface area contributed by atoms with E-state index < -0.39 is 35.0 Å². The first-order chi connectivity index (χ1) is 15.5. The van der Waals surface area contributed by atoms with Crippen molar-refractivity contribution in [2.24, 2.45) is 0 Å². The average Bonchev–Trinajstić information content (AvgIpc) is 3.23. The highest BCUT2D eigenvalue weighted by atomic mass is 35.5. The highest BCUT2D eigenvalue weighted by Crippen LogP contribution is 2.55. The lowest BCUT2D eigenvalue weighted by Crippen LogP contribution is -2.64. The van der Waals surface area contributed by atoms with Crippen LogP contribution in [0.15, 0.2) is 36.5 Å². The average molecular weight is 488 g/mol. The number of amides is 2. The highest BCUT2D eigenvalue weighted by Gasteiger charge is 2.62. The summed E-state index contributed by atoms with van der Waals surface area (Å²) in [4.78, 5) is 28.3. The van der Waals surface area contributed by atoms with Gasteiger partial charge in [-0.15, -0.1) is 13.2 Å². The lowest BCUT2D eigenvalue weighted by atomic mass is 9.71. The van der Waals surface area contributed by atoms with Crippen molar-refractivity contribution in [3.8, 4) is 11.6 Å². The number of alkyl halides is 3. The van der Waals surface area contributed by atoms with Gasteiger partial charge in [-0.25, -0.2) is 9.37 Å². The summed E-state index contributed by atoms with van der Waals surface area (Å²) in [6.45, 7) is -0.305. The van der Waals surface area contributed by atoms with Crippen molar-refractivity contribution in [1.82, 2.24) is 15.6 Å². The van der Waals surface area contributed by atoms with Crippen LogP contribution in [-0.4, -0.2) is 40.8 Å². The summed E-state index contributed by atoms with van der Waals surface area (Å²) in [6, 6.07) is 6.03. The second kappa shape index (κ2) is 8.36. The molecule has 12 heteroatoms. The van der Waals surface area contributed by atoms with Crippen LogP contribution in [0.4, 0.5) is 17.6 Å². The standard InChI is InChI=1S/C21H18ClF4N3O4/c22-14-3-2-13(7-15(14)23)32-9-16(30)28-19-5-6-20(10-19,11-19)29-18(31)12-1-4-17(27-8-12)33-21(24,25)26/h1-4,7-8H,5-6,9-11H2,(H,28,30)(H,29,31). The van der Waals surface area contributed by atoms with Gasteiger partial charge in [0.1, 0.15) is 11.6 Å². The molecule has 2 amide bonds. The minimum absolute atomic E-state index is 0.0501. The van der Waals surface area contributed by atoms with Crippen molar-refractivity contribution >= 4 is 23.4 Å². The molecule has 1 heterocycles. The van der Waals surface area contributed by atoms with E-state index in [0.717, 1.165) is 18.3 Å². The first-order valence-electron chi connectivity index (χ1n) is 9.90. The van der Waals surface area contributed by atoms with Gasteiger partial charge in [0.25, 0.3) is 11.8 Å². The van der Waals surface area contributed by atoms with Crippen molar-refractivity contribution in [3.63, 3.8) is 0 Å². The summed E-state index contributed by atoms with van der Waals surface area (Å²) >= 11 is 5.61. The quantitative estimate of drug-likeness (QED) is 0.580. The number of aromatic nitrogens is 1. The second-order valence-corrected chi connectivity index (χ2v) is 8.62. The molecule has 2 aromatic rings. The molecule has 2 bridgehead atoms. The molecule has 5 rings (SSSR count). The second-order valence-electron chi connectivity index (χ2n) is 8.21. The Hall–Kier alpha value is -3.08. The van der Waals surface area contributed by atoms with Gasteiger partial charge in [-0.05, 0) is 43.9 Å². The number of carbonyl (C=O) groups is 2. The van der Waals surface area contributed by atoms with E-state index in [1.807, 2.05) is 0 Å². The van der Waals surface area contributed by atoms with Crippen LogP contribution in [0, 0.1) is 5.82 Å². The zero-order valence-corrected chi connectivity index (χ0v) is 17.7. The number of benzene rings is 1. The lowest BCUT2D eigenvalue weighted by molar-refractivity contribution is -0.276. The number of halogens is 5. The van der Waals surface area contributed by atoms with Crippen LogP contribution in [0.1, 0.15) is 36.0 Å². The molecular formula is C21H18ClF4N3O4. The Bertz CT molecular complexity index is 1070. The summed E-state index contributed by atoms with van der Waals surface area (Å²) in [7, 11) is 0. The van der Waals surface area contributed by atoms with Crippen molar-refractivity contribution < 1.29 is 36.6 Å². The zero-order chi connectivity index (χ0) is 23.9. The largest absolute Gasteiger partial charge is 0.574 e. The van der Waals surface area contributed by atoms with E-state index in [9.17, 15) is 27.2 Å². The van der Waals surface area contributed by atoms with Crippen molar-refractivity contribution in [2.45, 2.75) is 43.1 Å². The fraction of sp³-hybridized carbons (Fsp3) is 0.381. The van der Waals surface area contributed by atoms with E-state index in [0.29, 0.717) is 25.7 Å². The molecule has 0 aliphatic heterocycles. The summed E-state index contributed by atoms with van der Waals surface area (Å²) < 4.78 is 59.1. The Morgan fingerprint density at radius 1 is 1.09 bits per heavy atom. The summed E-state index contributed by atoms with van der Waals surface area (Å²) in [5, 5.41) is 5.76. The summed E-state index contributed by atoms with van der Waals surface area (Å²) in [5.74, 6) is -1.99. The summed E-state index contributed by atoms with van der Waals surface area (Å²) in [6.07, 6.45) is -1.57. The highest BCUT2D eigenvalue weighted by molar-refractivity contribution is 6.30. The number of fused-ring (bicyclic) bond motifs is 1. The maximum atomic E-state index is 13.5. The first kappa shape index (κ1) is 23.1. The van der Waals surface area contributed by atoms with Crippen LogP contribution < -0.4 is 20.1 Å². The minimum Gasteiger partial charge on any atom is -0.484 e. The van der Waals surface area contributed by atoms with Crippen LogP contribution in [-0.2, 0) is 4.79 Å². The van der Waals surface area contributed by atoms with E-state index in [-0.39, 0.29) is 28.8 Å². The van der Waals surface area contributed by atoms with Gasteiger partial charge in [-0.3, -0.25) is 9.59 Å². The molecule has 2 N–H and O–H groups in total. The Morgan fingerprint density at radius 2 is 1.79 bits per heavy atom. The van der Waals surface area contributed by atoms with Crippen LogP contribution in [0.3, 0.4) is 0 Å². The van der Waals surface area contributed by atoms with Crippen molar-refractivity contribution in [3.05, 3.63) is 52.9 Å². The van der Waals surface area contributed by atoms with Crippen LogP contribution in [0.25, 0.3) is 0 Å². The maximum absolute atomic E-state index is 13.5. The Labute approximate surface area is 190 Å². The van der Waals surface area contributed by atoms with Crippen molar-refractivity contribution in [2.75, 3.05) is 6.61 Å². The smallest absolute Gasteiger partial charge is 0.484 e. The van der Waals surface area contributed by atoms with Gasteiger partial charge in [0.05, 0.1) is 10.6 Å². The predicted molar refractivity (Wildman–Crippen MR) is 107 cm³/mol. The molecule has 0 spiro atoms. The SMILES string of the molecule is O=C(COc1ccc(Cl)c(F)c1)NC12CCC(NC(=O)c3ccc(OC(F)(F)F)nc3)(C1)C2. The molecule has 3 aliphatic carbocycles. The van der Waals surface area contributed by atoms with E-state index >= 15 is 0 Å². The van der Waals surface area contributed by atoms with Crippen LogP contribution >= 0.6 is 11.6 Å². The van der Waals surface area contributed by atoms with Gasteiger partial charge in [-0.2, -0.15) is 0 Å². The molecule has 1 aromatic heterocycles. The molecule has 0 atom stereocenters. The molecular weight excluding hydrogens is 470 g/mol. The van der Waals surface area contributed by atoms with Crippen LogP contribution in [0.5, 0.6) is 11.6 Å². The van der Waals surface area contributed by atoms with Gasteiger partial charge in [0.2, 0.25) is 5.88 Å². The lowest BCUT2D eigenvalue weighted by Gasteiger charge is -2.48.